The third-order valence-electron chi connectivity index (χ3n) is 26.8. The number of nitrogens with one attached hydrogen (secondary N) is 4. The van der Waals surface area contributed by atoms with Crippen molar-refractivity contribution in [3.8, 4) is 69.6 Å². The molecule has 4 saturated heterocycles. The predicted molar refractivity (Wildman–Crippen MR) is 444 cm³/mol. The normalized spacial score (nSPS) is 28.3. The number of aromatic nitrogens is 2. The van der Waals surface area contributed by atoms with Crippen LogP contribution in [0.4, 0.5) is 0 Å². The van der Waals surface area contributed by atoms with Gasteiger partial charge >= 0.3 is 23.9 Å². The Bertz CT molecular complexity index is 5470. The zero-order valence-corrected chi connectivity index (χ0v) is 71.6. The number of nitrogens with zero attached hydrogens (tertiary/aromatic N) is 7. The number of esters is 4. The van der Waals surface area contributed by atoms with Gasteiger partial charge in [-0.3, -0.25) is 39.8 Å². The van der Waals surface area contributed by atoms with Gasteiger partial charge in [-0.25, -0.2) is 9.59 Å². The summed E-state index contributed by atoms with van der Waals surface area (Å²) in [6.45, 7) is 14.6. The van der Waals surface area contributed by atoms with Crippen LogP contribution in [0.2, 0.25) is 0 Å². The number of aryl methyl sites for hydroxylation is 4. The molecule has 122 heavy (non-hydrogen) atoms. The van der Waals surface area contributed by atoms with E-state index in [2.05, 4.69) is 90.5 Å². The number of aromatic amines is 2. The number of nitriles is 2. The van der Waals surface area contributed by atoms with Crippen molar-refractivity contribution in [2.45, 2.75) is 183 Å². The van der Waals surface area contributed by atoms with Gasteiger partial charge < -0.3 is 84.2 Å². The number of thioether (sulfide) groups is 2. The van der Waals surface area contributed by atoms with Gasteiger partial charge in [0, 0.05) is 163 Å². The third-order valence-corrected chi connectivity index (χ3v) is 29.8. The van der Waals surface area contributed by atoms with E-state index in [1.165, 1.54) is 37.4 Å². The monoisotopic (exact) mass is 1800 g/mol. The molecule has 11 N–H and O–H groups in total. The number of rotatable bonds is 6. The number of carbonyl (C=O) groups is 4. The maximum absolute atomic E-state index is 15.1. The van der Waals surface area contributed by atoms with Crippen LogP contribution in [0.3, 0.4) is 0 Å². The van der Waals surface area contributed by atoms with E-state index in [1.807, 2.05) is 66.1 Å². The number of carbonyl (C=O) groups excluding carboxylic acids is 4. The van der Waals surface area contributed by atoms with Crippen LogP contribution in [0, 0.1) is 74.3 Å². The standard InChI is InChI=1S/2C43H46N6O8S.CH4.Ag.HNO3/c2*1-18-7-8-26-24(9-18)25-12-23(13-44)47-43(41(25)46-26)16-58-40-32-31(39-38(55-17-56-39)20(3)37(32)57-21(4)50)29(15-54-42(43)52)49-28(14-45)27-11-22-10-19(2)36(53-6)35(51)30(22)33(34(40)49)48(27)5;;;2-1(3)4/h2*7-10,23,27-29,33-34,40,46-47,51H,11-13,15-17,44H2,1-6H3;1H4;;(H,2,3,4)/t2*23-,27-,28-,29-,33+,34+,40+,43+;;;/m00.../s1. The summed E-state index contributed by atoms with van der Waals surface area (Å²) in [5.74, 6) is 1.92. The van der Waals surface area contributed by atoms with Crippen molar-refractivity contribution in [3.63, 3.8) is 0 Å². The van der Waals surface area contributed by atoms with Crippen molar-refractivity contribution in [2.24, 2.45) is 11.5 Å². The van der Waals surface area contributed by atoms with Crippen LogP contribution in [-0.4, -0.2) is 202 Å². The maximum Gasteiger partial charge on any atom is 0.333 e. The molecule has 35 heteroatoms. The number of fused-ring (bicyclic) bond motifs is 22. The molecule has 0 saturated carbocycles. The van der Waals surface area contributed by atoms with Gasteiger partial charge in [-0.2, -0.15) is 10.5 Å². The van der Waals surface area contributed by atoms with E-state index >= 15 is 9.59 Å². The number of aromatic hydroxyl groups is 2. The second kappa shape index (κ2) is 31.9. The number of H-pyrrole nitrogens is 2. The molecule has 647 valence electrons. The fourth-order valence-electron chi connectivity index (χ4n) is 22.1. The molecule has 2 aromatic heterocycles. The number of hydrogen-bond acceptors (Lipinski definition) is 30. The van der Waals surface area contributed by atoms with E-state index in [1.54, 1.807) is 14.2 Å². The molecule has 16 heterocycles. The van der Waals surface area contributed by atoms with Crippen molar-refractivity contribution in [1.82, 2.24) is 40.2 Å². The number of nitrogens with two attached hydrogens (primary N) is 2. The van der Waals surface area contributed by atoms with E-state index in [0.717, 1.165) is 88.8 Å². The Morgan fingerprint density at radius 1 is 0.598 bits per heavy atom. The van der Waals surface area contributed by atoms with E-state index in [4.69, 9.17) is 74.2 Å². The Hall–Kier alpha value is -10.0. The second-order valence-electron chi connectivity index (χ2n) is 33.3. The first-order chi connectivity index (χ1) is 57.6. The van der Waals surface area contributed by atoms with Gasteiger partial charge in [-0.1, -0.05) is 42.8 Å². The van der Waals surface area contributed by atoms with Gasteiger partial charge in [0.25, 0.3) is 5.09 Å². The fourth-order valence-corrected chi connectivity index (χ4v) is 25.4. The zero-order chi connectivity index (χ0) is 84.6. The van der Waals surface area contributed by atoms with Crippen molar-refractivity contribution >= 4 is 69.2 Å². The van der Waals surface area contributed by atoms with Crippen LogP contribution in [0.15, 0.2) is 48.5 Å². The molecular weight excluding hydrogens is 1700 g/mol. The first-order valence-corrected chi connectivity index (χ1v) is 42.1. The SMILES string of the molecule is C.COc1c(C)cc2c(c1O)[C@@H]1[C@@H]3[C@@H]4SC[C@]5(N[C@H](CN)Cc6c5[nH]c5ccc(C)cc65)C(=O)OC[C@@H](c5c6c(c(C)c(OC(C)=O)c54)OCO6)N3[C@@H](C#N)[C@H](C2)N1C.COc1c(C)cc2c(c1O)[C@@H]1[C@@H]3[C@@H]4SC[C@]5(N[C@H](CN)Cc6c5[nH]c5ccc(C)cc65)C(=O)OC[C@@H](c5c6c(c(C)c(OC(C)=O)c54)OCO6)N3[C@@H](C#N)[C@H](C2)N1C.O=[N+]([O-])O.[Ag]. The molecule has 2 spiro atoms. The summed E-state index contributed by atoms with van der Waals surface area (Å²) < 4.78 is 61.8. The third kappa shape index (κ3) is 12.8. The minimum Gasteiger partial charge on any atom is -0.504 e. The number of piperazine rings is 2. The van der Waals surface area contributed by atoms with Crippen LogP contribution in [0.25, 0.3) is 21.8 Å². The van der Waals surface area contributed by atoms with Crippen LogP contribution in [0.1, 0.15) is 156 Å². The fraction of sp³-hybridized carbons (Fsp3) is 0.471. The van der Waals surface area contributed by atoms with Crippen LogP contribution in [0.5, 0.6) is 57.5 Å². The minimum atomic E-state index is -1.50. The summed E-state index contributed by atoms with van der Waals surface area (Å²) in [7, 11) is 7.12. The number of benzene rings is 6. The Kier molecular flexibility index (Phi) is 22.4. The largest absolute Gasteiger partial charge is 0.504 e. The Balaban J connectivity index is 0.000000171. The average molecular weight is 1800 g/mol. The van der Waals surface area contributed by atoms with E-state index in [-0.39, 0.29) is 117 Å². The summed E-state index contributed by atoms with van der Waals surface area (Å²) in [6.07, 6.45) is 2.24. The molecule has 8 bridgehead atoms. The summed E-state index contributed by atoms with van der Waals surface area (Å²) in [5, 5.41) is 68.7. The molecule has 4 fully saturated rings. The van der Waals surface area contributed by atoms with Crippen molar-refractivity contribution in [3.05, 3.63) is 159 Å². The molecule has 0 aliphatic carbocycles. The molecule has 0 unspecified atom stereocenters. The van der Waals surface area contributed by atoms with Crippen LogP contribution < -0.4 is 60.0 Å². The molecule has 6 aromatic carbocycles. The quantitative estimate of drug-likeness (QED) is 0.0246. The number of hydrogen-bond donors (Lipinski definition) is 9. The molecule has 0 amide bonds. The summed E-state index contributed by atoms with van der Waals surface area (Å²) in [6, 6.07) is 16.1. The average Bonchev–Trinajstić information content (AvgIpc) is 0.904. The zero-order valence-electron chi connectivity index (χ0n) is 68.5. The summed E-state index contributed by atoms with van der Waals surface area (Å²) in [4.78, 5) is 80.7. The maximum atomic E-state index is 15.1. The molecule has 22 rings (SSSR count). The van der Waals surface area contributed by atoms with Crippen molar-refractivity contribution in [1.29, 1.82) is 10.5 Å². The molecule has 1 radical (unpaired) electrons. The minimum absolute atomic E-state index is 0. The number of likely N-dealkylation sites (N-methyl/N-ethyl adjacent to an activating group) is 2. The predicted octanol–water partition coefficient (Wildman–Crippen LogP) is 9.07. The summed E-state index contributed by atoms with van der Waals surface area (Å²) in [5.41, 5.74) is 26.6. The Morgan fingerprint density at radius 2 is 0.975 bits per heavy atom. The van der Waals surface area contributed by atoms with Gasteiger partial charge in [-0.05, 0) is 139 Å². The number of methoxy groups -OCH3 is 2. The van der Waals surface area contributed by atoms with Crippen molar-refractivity contribution < 1.29 is 109 Å². The van der Waals surface area contributed by atoms with Gasteiger partial charge in [-0.15, -0.1) is 33.6 Å². The molecule has 32 nitrogen and oxygen atoms in total. The van der Waals surface area contributed by atoms with Crippen LogP contribution >= 0.6 is 23.5 Å². The first kappa shape index (κ1) is 85.5. The molecular formula is C87H97AgN13O19S2. The van der Waals surface area contributed by atoms with Gasteiger partial charge in [0.1, 0.15) is 36.8 Å². The first-order valence-electron chi connectivity index (χ1n) is 40.0. The topological polar surface area (TPSA) is 433 Å². The number of ether oxygens (including phenoxy) is 10. The van der Waals surface area contributed by atoms with Crippen LogP contribution in [-0.2, 0) is 87.8 Å². The molecule has 8 aromatic rings. The van der Waals surface area contributed by atoms with E-state index in [0.29, 0.717) is 105 Å². The number of phenolic OH excluding ortho intramolecular Hbond substituents is 2. The van der Waals surface area contributed by atoms with Gasteiger partial charge in [0.15, 0.2) is 57.1 Å². The smallest absolute Gasteiger partial charge is 0.333 e. The van der Waals surface area contributed by atoms with Gasteiger partial charge in [0.2, 0.25) is 13.6 Å². The van der Waals surface area contributed by atoms with Gasteiger partial charge in [0.05, 0.1) is 72.4 Å². The Labute approximate surface area is 727 Å². The second-order valence-corrected chi connectivity index (χ2v) is 35.6. The number of phenols is 2. The molecule has 16 atom stereocenters. The summed E-state index contributed by atoms with van der Waals surface area (Å²) >= 11 is 3.06. The van der Waals surface area contributed by atoms with E-state index < -0.39 is 98.9 Å². The molecule has 14 aliphatic rings. The molecule has 14 aliphatic heterocycles. The van der Waals surface area contributed by atoms with Crippen molar-refractivity contribution in [2.75, 3.05) is 79.7 Å². The van der Waals surface area contributed by atoms with E-state index in [9.17, 15) is 30.3 Å². The Morgan fingerprint density at radius 3 is 1.33 bits per heavy atom.